The van der Waals surface area contributed by atoms with Crippen LogP contribution in [0.25, 0.3) is 10.6 Å². The monoisotopic (exact) mass is 322 g/mol. The van der Waals surface area contributed by atoms with Gasteiger partial charge in [-0.2, -0.15) is 0 Å². The second kappa shape index (κ2) is 5.54. The van der Waals surface area contributed by atoms with Gasteiger partial charge >= 0.3 is 5.97 Å². The minimum absolute atomic E-state index is 0.0206. The van der Waals surface area contributed by atoms with Gasteiger partial charge in [-0.1, -0.05) is 0 Å². The van der Waals surface area contributed by atoms with Crippen LogP contribution in [-0.2, 0) is 4.79 Å². The number of amides is 1. The topological polar surface area (TPSA) is 104 Å². The zero-order valence-electron chi connectivity index (χ0n) is 11.6. The van der Waals surface area contributed by atoms with Crippen molar-refractivity contribution in [3.05, 3.63) is 29.7 Å². The molecule has 0 bridgehead atoms. The number of furan rings is 1. The van der Waals surface area contributed by atoms with E-state index in [-0.39, 0.29) is 31.8 Å². The lowest BCUT2D eigenvalue weighted by Gasteiger charge is -2.34. The van der Waals surface area contributed by atoms with Gasteiger partial charge in [-0.05, 0) is 6.07 Å². The fourth-order valence-corrected chi connectivity index (χ4v) is 3.13. The number of thiazole rings is 1. The van der Waals surface area contributed by atoms with Crippen molar-refractivity contribution in [1.82, 2.24) is 9.88 Å². The Kier molecular flexibility index (Phi) is 3.71. The van der Waals surface area contributed by atoms with Gasteiger partial charge in [0.05, 0.1) is 6.26 Å². The predicted octanol–water partition coefficient (Wildman–Crippen LogP) is 1.45. The van der Waals surface area contributed by atoms with E-state index in [4.69, 9.17) is 9.52 Å². The summed E-state index contributed by atoms with van der Waals surface area (Å²) < 4.78 is 4.99. The molecule has 1 saturated heterocycles. The van der Waals surface area contributed by atoms with Crippen molar-refractivity contribution in [3.63, 3.8) is 0 Å². The maximum atomic E-state index is 12.4. The van der Waals surface area contributed by atoms with Gasteiger partial charge < -0.3 is 19.5 Å². The van der Waals surface area contributed by atoms with Crippen LogP contribution in [-0.4, -0.2) is 50.7 Å². The van der Waals surface area contributed by atoms with Gasteiger partial charge in [0.15, 0.2) is 5.60 Å². The molecular formula is C14H14N2O5S. The number of aliphatic carboxylic acids is 1. The Morgan fingerprint density at radius 3 is 2.68 bits per heavy atom. The first-order chi connectivity index (χ1) is 10.5. The molecule has 1 fully saturated rings. The molecule has 22 heavy (non-hydrogen) atoms. The first-order valence-electron chi connectivity index (χ1n) is 6.73. The highest BCUT2D eigenvalue weighted by molar-refractivity contribution is 7.13. The number of piperidine rings is 1. The summed E-state index contributed by atoms with van der Waals surface area (Å²) in [6.45, 7) is 0.389. The third-order valence-electron chi connectivity index (χ3n) is 3.77. The van der Waals surface area contributed by atoms with Crippen LogP contribution in [0.1, 0.15) is 23.3 Å². The first-order valence-corrected chi connectivity index (χ1v) is 7.61. The fourth-order valence-electron chi connectivity index (χ4n) is 2.35. The molecule has 0 unspecified atom stereocenters. The van der Waals surface area contributed by atoms with Crippen molar-refractivity contribution in [2.75, 3.05) is 13.1 Å². The van der Waals surface area contributed by atoms with E-state index >= 15 is 0 Å². The molecule has 3 heterocycles. The number of aliphatic hydroxyl groups is 1. The highest BCUT2D eigenvalue weighted by Crippen LogP contribution is 2.27. The van der Waals surface area contributed by atoms with Crippen molar-refractivity contribution in [2.45, 2.75) is 18.4 Å². The maximum absolute atomic E-state index is 12.4. The standard InChI is InChI=1S/C14H14N2O5S/c17-12(16-4-2-14(20,3-5-16)13(18)19)10-8-22-11(15-10)9-1-6-21-7-9/h1,6-8,20H,2-5H2,(H,18,19). The van der Waals surface area contributed by atoms with Crippen molar-refractivity contribution in [1.29, 1.82) is 0 Å². The van der Waals surface area contributed by atoms with E-state index in [0.29, 0.717) is 10.7 Å². The minimum atomic E-state index is -1.74. The Hall–Kier alpha value is -2.19. The Balaban J connectivity index is 1.69. The van der Waals surface area contributed by atoms with Crippen LogP contribution in [0.5, 0.6) is 0 Å². The number of rotatable bonds is 3. The van der Waals surface area contributed by atoms with Crippen molar-refractivity contribution < 1.29 is 24.2 Å². The number of nitrogens with zero attached hydrogens (tertiary/aromatic N) is 2. The lowest BCUT2D eigenvalue weighted by atomic mass is 9.91. The average molecular weight is 322 g/mol. The molecule has 7 nitrogen and oxygen atoms in total. The summed E-state index contributed by atoms with van der Waals surface area (Å²) in [6, 6.07) is 1.76. The largest absolute Gasteiger partial charge is 0.479 e. The summed E-state index contributed by atoms with van der Waals surface area (Å²) in [4.78, 5) is 29.2. The van der Waals surface area contributed by atoms with E-state index in [1.54, 1.807) is 17.7 Å². The van der Waals surface area contributed by atoms with E-state index in [2.05, 4.69) is 4.98 Å². The summed E-state index contributed by atoms with van der Waals surface area (Å²) in [6.07, 6.45) is 3.14. The quantitative estimate of drug-likeness (QED) is 0.886. The fraction of sp³-hybridized carbons (Fsp3) is 0.357. The van der Waals surface area contributed by atoms with Crippen LogP contribution in [0.3, 0.4) is 0 Å². The summed E-state index contributed by atoms with van der Waals surface area (Å²) in [5.74, 6) is -1.49. The molecular weight excluding hydrogens is 308 g/mol. The van der Waals surface area contributed by atoms with Gasteiger partial charge in [0.1, 0.15) is 17.0 Å². The molecule has 0 aliphatic carbocycles. The molecule has 1 amide bonds. The lowest BCUT2D eigenvalue weighted by Crippen LogP contribution is -2.50. The molecule has 3 rings (SSSR count). The van der Waals surface area contributed by atoms with Crippen LogP contribution >= 0.6 is 11.3 Å². The van der Waals surface area contributed by atoms with Crippen LogP contribution < -0.4 is 0 Å². The Labute approximate surface area is 129 Å². The molecule has 0 radical (unpaired) electrons. The number of hydrogen-bond acceptors (Lipinski definition) is 6. The number of aromatic nitrogens is 1. The van der Waals surface area contributed by atoms with Crippen molar-refractivity contribution in [2.24, 2.45) is 0 Å². The molecule has 0 atom stereocenters. The number of carbonyl (C=O) groups is 2. The third kappa shape index (κ3) is 2.62. The van der Waals surface area contributed by atoms with Gasteiger partial charge in [0.2, 0.25) is 0 Å². The number of carboxylic acid groups (broad SMARTS) is 1. The summed E-state index contributed by atoms with van der Waals surface area (Å²) in [5, 5.41) is 21.2. The smallest absolute Gasteiger partial charge is 0.335 e. The third-order valence-corrected chi connectivity index (χ3v) is 4.66. The Bertz CT molecular complexity index is 686. The highest BCUT2D eigenvalue weighted by Gasteiger charge is 2.40. The van der Waals surface area contributed by atoms with Gasteiger partial charge in [-0.15, -0.1) is 11.3 Å². The van der Waals surface area contributed by atoms with E-state index in [0.717, 1.165) is 5.56 Å². The van der Waals surface area contributed by atoms with Crippen molar-refractivity contribution >= 4 is 23.2 Å². The van der Waals surface area contributed by atoms with E-state index in [1.807, 2.05) is 0 Å². The highest BCUT2D eigenvalue weighted by atomic mass is 32.1. The maximum Gasteiger partial charge on any atom is 0.335 e. The van der Waals surface area contributed by atoms with Gasteiger partial charge in [0.25, 0.3) is 5.91 Å². The SMILES string of the molecule is O=C(c1csc(-c2ccoc2)n1)N1CCC(O)(C(=O)O)CC1. The number of carbonyl (C=O) groups excluding carboxylic acids is 1. The molecule has 8 heteroatoms. The molecule has 1 aliphatic rings. The minimum Gasteiger partial charge on any atom is -0.479 e. The number of hydrogen-bond donors (Lipinski definition) is 2. The molecule has 2 N–H and O–H groups in total. The van der Waals surface area contributed by atoms with Crippen LogP contribution in [0, 0.1) is 0 Å². The Morgan fingerprint density at radius 1 is 1.36 bits per heavy atom. The number of likely N-dealkylation sites (tertiary alicyclic amines) is 1. The van der Waals surface area contributed by atoms with Crippen LogP contribution in [0.15, 0.2) is 28.4 Å². The second-order valence-corrected chi connectivity index (χ2v) is 6.04. The normalized spacial score (nSPS) is 17.4. The van der Waals surface area contributed by atoms with Crippen molar-refractivity contribution in [3.8, 4) is 10.6 Å². The molecule has 1 aliphatic heterocycles. The molecule has 0 spiro atoms. The van der Waals surface area contributed by atoms with E-state index in [1.165, 1.54) is 22.5 Å². The van der Waals surface area contributed by atoms with Crippen LogP contribution in [0.2, 0.25) is 0 Å². The predicted molar refractivity (Wildman–Crippen MR) is 77.5 cm³/mol. The summed E-state index contributed by atoms with van der Waals surface area (Å²) in [5.41, 5.74) is -0.606. The van der Waals surface area contributed by atoms with Gasteiger partial charge in [0, 0.05) is 36.9 Å². The van der Waals surface area contributed by atoms with Gasteiger partial charge in [-0.25, -0.2) is 9.78 Å². The zero-order valence-corrected chi connectivity index (χ0v) is 12.4. The molecule has 116 valence electrons. The summed E-state index contributed by atoms with van der Waals surface area (Å²) >= 11 is 1.34. The number of carboxylic acids is 1. The first kappa shape index (κ1) is 14.7. The summed E-state index contributed by atoms with van der Waals surface area (Å²) in [7, 11) is 0. The second-order valence-electron chi connectivity index (χ2n) is 5.18. The van der Waals surface area contributed by atoms with E-state index in [9.17, 15) is 14.7 Å². The lowest BCUT2D eigenvalue weighted by molar-refractivity contribution is -0.162. The molecule has 0 aromatic carbocycles. The van der Waals surface area contributed by atoms with Crippen LogP contribution in [0.4, 0.5) is 0 Å². The average Bonchev–Trinajstić information content (AvgIpc) is 3.18. The molecule has 2 aromatic rings. The zero-order chi connectivity index (χ0) is 15.7. The Morgan fingerprint density at radius 2 is 2.09 bits per heavy atom. The molecule has 2 aromatic heterocycles. The van der Waals surface area contributed by atoms with E-state index < -0.39 is 11.6 Å². The molecule has 0 saturated carbocycles. The van der Waals surface area contributed by atoms with Gasteiger partial charge in [-0.3, -0.25) is 4.79 Å².